The Morgan fingerprint density at radius 1 is 0.688 bits per heavy atom. The van der Waals surface area contributed by atoms with Crippen molar-refractivity contribution in [3.63, 3.8) is 0 Å². The van der Waals surface area contributed by atoms with Gasteiger partial charge in [-0.05, 0) is 35.5 Å². The molecule has 0 aliphatic heterocycles. The van der Waals surface area contributed by atoms with Gasteiger partial charge in [-0.3, -0.25) is 0 Å². The lowest BCUT2D eigenvalue weighted by atomic mass is 9.67. The lowest BCUT2D eigenvalue weighted by Crippen LogP contribution is -2.27. The molecule has 0 spiro atoms. The van der Waals surface area contributed by atoms with Gasteiger partial charge in [-0.1, -0.05) is 67.2 Å². The zero-order valence-electron chi connectivity index (χ0n) is 12.4. The number of rotatable bonds is 2. The summed E-state index contributed by atoms with van der Waals surface area (Å²) in [5, 5.41) is 0. The summed E-state index contributed by atoms with van der Waals surface area (Å²) in [4.78, 5) is 0. The zero-order valence-corrected chi connectivity index (χ0v) is 12.4. The van der Waals surface area contributed by atoms with E-state index in [4.69, 9.17) is 0 Å². The van der Waals surface area contributed by atoms with E-state index in [1.165, 1.54) is 38.5 Å². The summed E-state index contributed by atoms with van der Waals surface area (Å²) in [6, 6.07) is 0. The predicted octanol–water partition coefficient (Wildman–Crippen LogP) is 5.67. The summed E-state index contributed by atoms with van der Waals surface area (Å²) in [7, 11) is 0. The van der Waals surface area contributed by atoms with Crippen molar-refractivity contribution in [3.8, 4) is 0 Å². The highest BCUT2D eigenvalue weighted by Gasteiger charge is 2.31. The number of hydrogen-bond donors (Lipinski definition) is 0. The van der Waals surface area contributed by atoms with Crippen LogP contribution in [0, 0.1) is 22.7 Å². The maximum absolute atomic E-state index is 2.40. The van der Waals surface area contributed by atoms with Crippen LogP contribution < -0.4 is 0 Å². The third kappa shape index (κ3) is 5.37. The summed E-state index contributed by atoms with van der Waals surface area (Å²) in [5.41, 5.74) is 1.02. The van der Waals surface area contributed by atoms with Crippen molar-refractivity contribution in [1.82, 2.24) is 0 Å². The molecule has 1 fully saturated rings. The fraction of sp³-hybridized carbons (Fsp3) is 1.00. The Kier molecular flexibility index (Phi) is 4.49. The van der Waals surface area contributed by atoms with Crippen LogP contribution in [0.25, 0.3) is 0 Å². The van der Waals surface area contributed by atoms with E-state index in [0.717, 1.165) is 11.8 Å². The van der Waals surface area contributed by atoms with E-state index in [1.807, 2.05) is 0 Å². The van der Waals surface area contributed by atoms with Crippen molar-refractivity contribution in [3.05, 3.63) is 0 Å². The first-order valence-corrected chi connectivity index (χ1v) is 7.17. The van der Waals surface area contributed by atoms with Crippen molar-refractivity contribution < 1.29 is 0 Å². The topological polar surface area (TPSA) is 0 Å². The second-order valence-corrected chi connectivity index (χ2v) is 8.33. The molecule has 16 heavy (non-hydrogen) atoms. The maximum atomic E-state index is 2.40. The summed E-state index contributed by atoms with van der Waals surface area (Å²) in [6.07, 6.45) is 8.76. The molecule has 0 bridgehead atoms. The molecule has 1 aliphatic rings. The second kappa shape index (κ2) is 5.10. The normalized spacial score (nSPS) is 28.1. The van der Waals surface area contributed by atoms with Gasteiger partial charge in [0, 0.05) is 0 Å². The number of hydrogen-bond acceptors (Lipinski definition) is 0. The maximum Gasteiger partial charge on any atom is -0.0380 e. The van der Waals surface area contributed by atoms with Gasteiger partial charge < -0.3 is 0 Å². The Hall–Kier alpha value is 0. The van der Waals surface area contributed by atoms with Gasteiger partial charge in [-0.25, -0.2) is 0 Å². The average Bonchev–Trinajstić information content (AvgIpc) is 2.03. The van der Waals surface area contributed by atoms with E-state index in [1.54, 1.807) is 0 Å². The van der Waals surface area contributed by atoms with E-state index < -0.39 is 0 Å². The fourth-order valence-corrected chi connectivity index (χ4v) is 3.40. The third-order valence-corrected chi connectivity index (χ3v) is 3.82. The minimum atomic E-state index is 0.512. The van der Waals surface area contributed by atoms with Crippen LogP contribution in [-0.4, -0.2) is 0 Å². The molecule has 1 saturated carbocycles. The lowest BCUT2D eigenvalue weighted by Gasteiger charge is -2.38. The molecule has 0 aromatic carbocycles. The van der Waals surface area contributed by atoms with Gasteiger partial charge in [-0.15, -0.1) is 0 Å². The molecule has 1 aliphatic carbocycles. The molecule has 0 amide bonds. The molecule has 1 rings (SSSR count). The first kappa shape index (κ1) is 14.1. The van der Waals surface area contributed by atoms with Gasteiger partial charge in [0.05, 0.1) is 0 Å². The quantitative estimate of drug-likeness (QED) is 0.567. The Labute approximate surface area is 103 Å². The van der Waals surface area contributed by atoms with Crippen LogP contribution in [-0.2, 0) is 0 Å². The Bertz CT molecular complexity index is 177. The first-order chi connectivity index (χ1) is 7.17. The van der Waals surface area contributed by atoms with Gasteiger partial charge >= 0.3 is 0 Å². The molecule has 0 unspecified atom stereocenters. The van der Waals surface area contributed by atoms with Crippen LogP contribution in [0.2, 0.25) is 0 Å². The highest BCUT2D eigenvalue weighted by atomic mass is 14.4. The molecule has 0 aromatic heterocycles. The molecule has 96 valence electrons. The van der Waals surface area contributed by atoms with Crippen molar-refractivity contribution in [2.45, 2.75) is 80.1 Å². The van der Waals surface area contributed by atoms with E-state index >= 15 is 0 Å². The molecule has 0 saturated heterocycles. The molecule has 2 atom stereocenters. The van der Waals surface area contributed by atoms with Gasteiger partial charge in [0.15, 0.2) is 0 Å². The summed E-state index contributed by atoms with van der Waals surface area (Å²) >= 11 is 0. The molecule has 0 nitrogen and oxygen atoms in total. The molecule has 0 heteroatoms. The Balaban J connectivity index is 2.57. The summed E-state index contributed by atoms with van der Waals surface area (Å²) in [6.45, 7) is 14.4. The smallest absolute Gasteiger partial charge is 0.0380 e. The van der Waals surface area contributed by atoms with Crippen LogP contribution in [0.5, 0.6) is 0 Å². The molecule has 0 heterocycles. The first-order valence-electron chi connectivity index (χ1n) is 7.17. The largest absolute Gasteiger partial charge is 0.0602 e. The van der Waals surface area contributed by atoms with Gasteiger partial charge in [0.2, 0.25) is 0 Å². The zero-order chi connectivity index (χ0) is 12.4. The van der Waals surface area contributed by atoms with Crippen LogP contribution in [0.15, 0.2) is 0 Å². The molecule has 0 N–H and O–H groups in total. The SMILES string of the molecule is CC(C)(C)C[C@H]1CCCC[C@@H]1CC(C)(C)C. The van der Waals surface area contributed by atoms with Crippen LogP contribution in [0.1, 0.15) is 80.1 Å². The van der Waals surface area contributed by atoms with E-state index in [0.29, 0.717) is 10.8 Å². The highest BCUT2D eigenvalue weighted by molar-refractivity contribution is 4.82. The van der Waals surface area contributed by atoms with Crippen molar-refractivity contribution >= 4 is 0 Å². The molecular weight excluding hydrogens is 192 g/mol. The predicted molar refractivity (Wildman–Crippen MR) is 73.6 cm³/mol. The van der Waals surface area contributed by atoms with E-state index in [-0.39, 0.29) is 0 Å². The van der Waals surface area contributed by atoms with E-state index in [2.05, 4.69) is 41.5 Å². The van der Waals surface area contributed by atoms with E-state index in [9.17, 15) is 0 Å². The van der Waals surface area contributed by atoms with Crippen LogP contribution >= 0.6 is 0 Å². The van der Waals surface area contributed by atoms with Crippen molar-refractivity contribution in [2.24, 2.45) is 22.7 Å². The van der Waals surface area contributed by atoms with Crippen LogP contribution in [0.3, 0.4) is 0 Å². The van der Waals surface area contributed by atoms with Crippen molar-refractivity contribution in [1.29, 1.82) is 0 Å². The highest BCUT2D eigenvalue weighted by Crippen LogP contribution is 2.42. The fourth-order valence-electron chi connectivity index (χ4n) is 3.40. The summed E-state index contributed by atoms with van der Waals surface area (Å²) in [5.74, 6) is 1.99. The molecule has 0 radical (unpaired) electrons. The Morgan fingerprint density at radius 2 is 1.00 bits per heavy atom. The van der Waals surface area contributed by atoms with Crippen molar-refractivity contribution in [2.75, 3.05) is 0 Å². The second-order valence-electron chi connectivity index (χ2n) is 8.33. The average molecular weight is 224 g/mol. The lowest BCUT2D eigenvalue weighted by molar-refractivity contribution is 0.126. The third-order valence-electron chi connectivity index (χ3n) is 3.82. The monoisotopic (exact) mass is 224 g/mol. The standard InChI is InChI=1S/C16H32/c1-15(2,3)11-13-9-7-8-10-14(13)12-16(4,5)6/h13-14H,7-12H2,1-6H3/t13-,14-/m1/s1. The van der Waals surface area contributed by atoms with Gasteiger partial charge in [0.1, 0.15) is 0 Å². The minimum Gasteiger partial charge on any atom is -0.0602 e. The minimum absolute atomic E-state index is 0.512. The Morgan fingerprint density at radius 3 is 1.25 bits per heavy atom. The van der Waals surface area contributed by atoms with Gasteiger partial charge in [0.25, 0.3) is 0 Å². The molecule has 0 aromatic rings. The molecular formula is C16H32. The van der Waals surface area contributed by atoms with Crippen LogP contribution in [0.4, 0.5) is 0 Å². The summed E-state index contributed by atoms with van der Waals surface area (Å²) < 4.78 is 0. The van der Waals surface area contributed by atoms with Gasteiger partial charge in [-0.2, -0.15) is 0 Å².